The molecule has 0 amide bonds. The zero-order chi connectivity index (χ0) is 53.9. The normalized spacial score (nSPS) is 13.1. The van der Waals surface area contributed by atoms with Gasteiger partial charge in [-0.25, -0.2) is 0 Å². The highest BCUT2D eigenvalue weighted by molar-refractivity contribution is 6.34. The molecule has 0 saturated carbocycles. The van der Waals surface area contributed by atoms with E-state index in [-0.39, 0.29) is 21.7 Å². The lowest BCUT2D eigenvalue weighted by Crippen LogP contribution is -2.17. The van der Waals surface area contributed by atoms with E-state index in [2.05, 4.69) is 277 Å². The number of benzene rings is 12. The van der Waals surface area contributed by atoms with Crippen molar-refractivity contribution in [3.05, 3.63) is 216 Å². The van der Waals surface area contributed by atoms with Gasteiger partial charge in [-0.2, -0.15) is 0 Å². The number of hydrogen-bond donors (Lipinski definition) is 0. The second kappa shape index (κ2) is 16.7. The van der Waals surface area contributed by atoms with E-state index in [1.54, 1.807) is 0 Å². The maximum Gasteiger partial charge on any atom is -0.000719 e. The Bertz CT molecular complexity index is 4450. The lowest BCUT2D eigenvalue weighted by atomic mass is 9.75. The summed E-state index contributed by atoms with van der Waals surface area (Å²) in [6, 6.07) is 75.7. The van der Waals surface area contributed by atoms with Crippen molar-refractivity contribution in [1.82, 2.24) is 0 Å². The van der Waals surface area contributed by atoms with E-state index in [1.165, 1.54) is 165 Å². The van der Waals surface area contributed by atoms with E-state index in [0.29, 0.717) is 0 Å². The van der Waals surface area contributed by atoms with Crippen LogP contribution in [0.2, 0.25) is 0 Å². The van der Waals surface area contributed by atoms with Crippen molar-refractivity contribution in [3.63, 3.8) is 0 Å². The summed E-state index contributed by atoms with van der Waals surface area (Å²) in [5, 5.41) is 13.0. The summed E-state index contributed by atoms with van der Waals surface area (Å²) in [7, 11) is 0. The fourth-order valence-electron chi connectivity index (χ4n) is 13.4. The molecular weight excluding hydrogens is 937 g/mol. The predicted octanol–water partition coefficient (Wildman–Crippen LogP) is 22.6. The molecule has 0 bridgehead atoms. The van der Waals surface area contributed by atoms with Crippen molar-refractivity contribution >= 4 is 53.9 Å². The van der Waals surface area contributed by atoms with Crippen molar-refractivity contribution in [1.29, 1.82) is 0 Å². The third kappa shape index (κ3) is 7.32. The van der Waals surface area contributed by atoms with Crippen LogP contribution in [0.3, 0.4) is 0 Å². The molecule has 0 N–H and O–H groups in total. The summed E-state index contributed by atoms with van der Waals surface area (Å²) in [4.78, 5) is 0. The number of fused-ring (bicyclic) bond motifs is 11. The lowest BCUT2D eigenvalue weighted by molar-refractivity contribution is 0.568. The monoisotopic (exact) mass is 1000 g/mol. The van der Waals surface area contributed by atoms with E-state index in [4.69, 9.17) is 0 Å². The van der Waals surface area contributed by atoms with Gasteiger partial charge in [0.25, 0.3) is 0 Å². The van der Waals surface area contributed by atoms with E-state index < -0.39 is 0 Å². The van der Waals surface area contributed by atoms with Gasteiger partial charge in [0.2, 0.25) is 0 Å². The third-order valence-electron chi connectivity index (χ3n) is 17.7. The van der Waals surface area contributed by atoms with Crippen LogP contribution in [0.1, 0.15) is 105 Å². The van der Waals surface area contributed by atoms with Crippen molar-refractivity contribution in [2.45, 2.75) is 105 Å². The molecule has 0 aliphatic heterocycles. The van der Waals surface area contributed by atoms with Gasteiger partial charge in [0.05, 0.1) is 0 Å². The minimum Gasteiger partial charge on any atom is -0.0622 e. The maximum atomic E-state index is 2.60. The zero-order valence-corrected chi connectivity index (χ0v) is 47.5. The Hall–Kier alpha value is -8.06. The highest BCUT2D eigenvalue weighted by Gasteiger charge is 2.35. The molecule has 0 spiro atoms. The SMILES string of the molecule is CC(C)(C)c1cc(-c2c3c(c(-c4cc(C(C)(C)C)cc(C(C)(C)C)c4)c4cc(-c5ccccc5)ccc24)-c2cccc4c2c-3cc2c3ccccc3c(-c3ccc5c6c(cccc36)-c3ccccc3-5)cc42)cc(C(C)(C)C)c1. The van der Waals surface area contributed by atoms with Crippen LogP contribution < -0.4 is 0 Å². The first-order valence-corrected chi connectivity index (χ1v) is 28.3. The summed E-state index contributed by atoms with van der Waals surface area (Å²) >= 11 is 0. The smallest absolute Gasteiger partial charge is 0.000719 e. The first-order valence-electron chi connectivity index (χ1n) is 28.3. The van der Waals surface area contributed by atoms with E-state index >= 15 is 0 Å². The van der Waals surface area contributed by atoms with E-state index in [1.807, 2.05) is 0 Å². The maximum absolute atomic E-state index is 2.60. The topological polar surface area (TPSA) is 0 Å². The van der Waals surface area contributed by atoms with Gasteiger partial charge in [-0.05, 0) is 205 Å². The molecular formula is C78H68. The highest BCUT2D eigenvalue weighted by Crippen LogP contribution is 2.61. The van der Waals surface area contributed by atoms with Gasteiger partial charge in [0, 0.05) is 0 Å². The molecule has 0 fully saturated rings. The summed E-state index contributed by atoms with van der Waals surface area (Å²) in [5.41, 5.74) is 25.9. The highest BCUT2D eigenvalue weighted by atomic mass is 14.4. The van der Waals surface area contributed by atoms with Crippen LogP contribution in [0.15, 0.2) is 194 Å². The van der Waals surface area contributed by atoms with Gasteiger partial charge in [-0.3, -0.25) is 0 Å². The Morgan fingerprint density at radius 2 is 0.628 bits per heavy atom. The van der Waals surface area contributed by atoms with E-state index in [9.17, 15) is 0 Å². The molecule has 12 aromatic carbocycles. The Balaban J connectivity index is 1.16. The Kier molecular flexibility index (Phi) is 10.4. The molecule has 0 heteroatoms. The summed E-state index contributed by atoms with van der Waals surface area (Å²) in [6.45, 7) is 28.5. The molecule has 0 unspecified atom stereocenters. The first-order chi connectivity index (χ1) is 37.2. The Morgan fingerprint density at radius 3 is 1.23 bits per heavy atom. The summed E-state index contributed by atoms with van der Waals surface area (Å²) in [5.74, 6) is 0. The second-order valence-electron chi connectivity index (χ2n) is 26.9. The number of hydrogen-bond acceptors (Lipinski definition) is 0. The van der Waals surface area contributed by atoms with Gasteiger partial charge >= 0.3 is 0 Å². The van der Waals surface area contributed by atoms with Crippen LogP contribution in [0.5, 0.6) is 0 Å². The number of rotatable bonds is 4. The molecule has 12 aromatic rings. The van der Waals surface area contributed by atoms with Gasteiger partial charge < -0.3 is 0 Å². The van der Waals surface area contributed by atoms with Gasteiger partial charge in [-0.1, -0.05) is 259 Å². The predicted molar refractivity (Wildman–Crippen MR) is 339 cm³/mol. The molecule has 0 heterocycles. The van der Waals surface area contributed by atoms with Gasteiger partial charge in [0.1, 0.15) is 0 Å². The molecule has 14 rings (SSSR count). The van der Waals surface area contributed by atoms with Gasteiger partial charge in [-0.15, -0.1) is 0 Å². The Labute approximate surface area is 461 Å². The van der Waals surface area contributed by atoms with Crippen LogP contribution in [0.4, 0.5) is 0 Å². The quantitative estimate of drug-likeness (QED) is 0.154. The van der Waals surface area contributed by atoms with Crippen LogP contribution >= 0.6 is 0 Å². The minimum absolute atomic E-state index is 0.0725. The summed E-state index contributed by atoms with van der Waals surface area (Å²) in [6.07, 6.45) is 0. The second-order valence-corrected chi connectivity index (χ2v) is 26.9. The van der Waals surface area contributed by atoms with Crippen LogP contribution in [0, 0.1) is 0 Å². The van der Waals surface area contributed by atoms with Crippen LogP contribution in [0.25, 0.3) is 143 Å². The molecule has 380 valence electrons. The van der Waals surface area contributed by atoms with Crippen molar-refractivity contribution in [2.24, 2.45) is 0 Å². The van der Waals surface area contributed by atoms with Crippen LogP contribution in [-0.4, -0.2) is 0 Å². The van der Waals surface area contributed by atoms with Crippen molar-refractivity contribution in [2.75, 3.05) is 0 Å². The standard InChI is InChI=1S/C78H68/c1-75(2,3)49-36-47(37-50(41-49)76(4,5)6)69-62-33-32-46(45-22-14-13-15-23-45)40-67(62)70(48-38-51(77(7,8)9)42-52(39-48)78(10,11)12)73-63-31-21-30-60-66-43-64(55-26-18-19-27-56(55)65(66)44-68(72(60)63)74(69)73)57-34-35-61-54-25-17-16-24-53(54)58-28-20-29-59(57)71(58)61/h13-44H,1-12H3. The average molecular weight is 1010 g/mol. The van der Waals surface area contributed by atoms with Crippen molar-refractivity contribution < 1.29 is 0 Å². The largest absolute Gasteiger partial charge is 0.0622 e. The molecule has 78 heavy (non-hydrogen) atoms. The van der Waals surface area contributed by atoms with Crippen LogP contribution in [-0.2, 0) is 21.7 Å². The molecule has 0 atom stereocenters. The molecule has 2 aliphatic carbocycles. The molecule has 0 saturated heterocycles. The molecule has 0 aromatic heterocycles. The third-order valence-corrected chi connectivity index (χ3v) is 17.7. The summed E-state index contributed by atoms with van der Waals surface area (Å²) < 4.78 is 0. The minimum atomic E-state index is -0.0741. The fraction of sp³-hybridized carbons (Fsp3) is 0.205. The molecule has 0 nitrogen and oxygen atoms in total. The zero-order valence-electron chi connectivity index (χ0n) is 47.5. The van der Waals surface area contributed by atoms with Crippen molar-refractivity contribution in [3.8, 4) is 89.0 Å². The Morgan fingerprint density at radius 1 is 0.192 bits per heavy atom. The van der Waals surface area contributed by atoms with E-state index in [0.717, 1.165) is 0 Å². The lowest BCUT2D eigenvalue weighted by Gasteiger charge is -2.29. The first kappa shape index (κ1) is 48.3. The van der Waals surface area contributed by atoms with Gasteiger partial charge in [0.15, 0.2) is 0 Å². The fourth-order valence-corrected chi connectivity index (χ4v) is 13.4. The average Bonchev–Trinajstić information content (AvgIpc) is 3.99. The molecule has 0 radical (unpaired) electrons. The molecule has 2 aliphatic rings.